The van der Waals surface area contributed by atoms with Crippen molar-refractivity contribution in [3.63, 3.8) is 0 Å². The Morgan fingerprint density at radius 1 is 1.11 bits per heavy atom. The van der Waals surface area contributed by atoms with Crippen molar-refractivity contribution >= 4 is 11.6 Å². The van der Waals surface area contributed by atoms with Gasteiger partial charge in [0, 0.05) is 11.3 Å². The first-order valence-electron chi connectivity index (χ1n) is 8.32. The average Bonchev–Trinajstić information content (AvgIpc) is 3.40. The quantitative estimate of drug-likeness (QED) is 0.537. The summed E-state index contributed by atoms with van der Waals surface area (Å²) in [4.78, 5) is 12.4. The van der Waals surface area contributed by atoms with Gasteiger partial charge in [0.05, 0.1) is 0 Å². The molecule has 0 bridgehead atoms. The number of nitrogens with one attached hydrogen (secondary N) is 1. The molecule has 28 heavy (non-hydrogen) atoms. The molecule has 1 amide bonds. The zero-order chi connectivity index (χ0) is 19.3. The number of rotatable bonds is 6. The van der Waals surface area contributed by atoms with E-state index in [9.17, 15) is 9.18 Å². The van der Waals surface area contributed by atoms with Gasteiger partial charge in [0.25, 0.3) is 5.91 Å². The molecule has 1 N–H and O–H groups in total. The normalized spacial score (nSPS) is 10.6. The molecule has 0 saturated heterocycles. The molecule has 0 fully saturated rings. The van der Waals surface area contributed by atoms with Gasteiger partial charge in [-0.25, -0.2) is 4.39 Å². The van der Waals surface area contributed by atoms with Gasteiger partial charge in [-0.3, -0.25) is 4.79 Å². The van der Waals surface area contributed by atoms with Crippen LogP contribution in [0.5, 0.6) is 5.75 Å². The van der Waals surface area contributed by atoms with E-state index in [1.807, 2.05) is 0 Å². The molecule has 0 spiro atoms. The molecule has 0 saturated carbocycles. The minimum absolute atomic E-state index is 0.117. The van der Waals surface area contributed by atoms with E-state index in [0.717, 1.165) is 0 Å². The number of benzene rings is 2. The number of halogens is 1. The monoisotopic (exact) mass is 379 g/mol. The van der Waals surface area contributed by atoms with Crippen molar-refractivity contribution in [3.05, 3.63) is 84.4 Å². The molecule has 0 radical (unpaired) electrons. The lowest BCUT2D eigenvalue weighted by molar-refractivity contribution is 0.0992. The maximum absolute atomic E-state index is 12.9. The Morgan fingerprint density at radius 2 is 1.96 bits per heavy atom. The molecular formula is C20H14FN3O4. The van der Waals surface area contributed by atoms with Crippen molar-refractivity contribution in [2.45, 2.75) is 6.61 Å². The zero-order valence-electron chi connectivity index (χ0n) is 14.5. The van der Waals surface area contributed by atoms with Crippen molar-refractivity contribution in [1.29, 1.82) is 0 Å². The fourth-order valence-electron chi connectivity index (χ4n) is 2.48. The van der Waals surface area contributed by atoms with Gasteiger partial charge >= 0.3 is 0 Å². The maximum atomic E-state index is 12.9. The molecule has 0 unspecified atom stereocenters. The number of carbonyl (C=O) groups excluding carboxylic acids is 1. The molecular weight excluding hydrogens is 365 g/mol. The van der Waals surface area contributed by atoms with Crippen LogP contribution in [0.3, 0.4) is 0 Å². The first-order valence-corrected chi connectivity index (χ1v) is 8.32. The molecule has 0 aliphatic heterocycles. The van der Waals surface area contributed by atoms with Crippen LogP contribution in [0.1, 0.15) is 16.3 Å². The molecule has 0 atom stereocenters. The number of anilines is 1. The standard InChI is InChI=1S/C20H14FN3O4/c21-14-4-6-16(7-5-14)26-11-17-8-9-18(28-17)19(25)23-15-3-1-2-13(10-15)20-24-22-12-27-20/h1-10,12H,11H2,(H,23,25). The zero-order valence-corrected chi connectivity index (χ0v) is 14.5. The number of carbonyl (C=O) groups is 1. The number of hydrogen-bond acceptors (Lipinski definition) is 6. The van der Waals surface area contributed by atoms with E-state index in [1.54, 1.807) is 36.4 Å². The first-order chi connectivity index (χ1) is 13.7. The van der Waals surface area contributed by atoms with Crippen molar-refractivity contribution in [2.24, 2.45) is 0 Å². The summed E-state index contributed by atoms with van der Waals surface area (Å²) in [6.45, 7) is 0.117. The summed E-state index contributed by atoms with van der Waals surface area (Å²) >= 11 is 0. The number of furan rings is 1. The Bertz CT molecular complexity index is 1080. The minimum Gasteiger partial charge on any atom is -0.486 e. The number of aromatic nitrogens is 2. The summed E-state index contributed by atoms with van der Waals surface area (Å²) in [5.41, 5.74) is 1.24. The van der Waals surface area contributed by atoms with Crippen molar-refractivity contribution < 1.29 is 22.8 Å². The Kier molecular flexibility index (Phi) is 4.83. The molecule has 140 valence electrons. The van der Waals surface area contributed by atoms with Crippen molar-refractivity contribution in [2.75, 3.05) is 5.32 Å². The highest BCUT2D eigenvalue weighted by atomic mass is 19.1. The molecule has 7 nitrogen and oxygen atoms in total. The summed E-state index contributed by atoms with van der Waals surface area (Å²) in [5, 5.41) is 10.2. The predicted molar refractivity (Wildman–Crippen MR) is 97.1 cm³/mol. The van der Waals surface area contributed by atoms with Crippen LogP contribution >= 0.6 is 0 Å². The van der Waals surface area contributed by atoms with Crippen LogP contribution in [0.15, 0.2) is 75.9 Å². The van der Waals surface area contributed by atoms with Gasteiger partial charge in [-0.2, -0.15) is 0 Å². The highest BCUT2D eigenvalue weighted by Crippen LogP contribution is 2.21. The van der Waals surface area contributed by atoms with Crippen LogP contribution in [0.2, 0.25) is 0 Å². The van der Waals surface area contributed by atoms with Gasteiger partial charge < -0.3 is 18.9 Å². The third-order valence-electron chi connectivity index (χ3n) is 3.81. The largest absolute Gasteiger partial charge is 0.486 e. The highest BCUT2D eigenvalue weighted by molar-refractivity contribution is 6.02. The van der Waals surface area contributed by atoms with Gasteiger partial charge in [0.2, 0.25) is 12.3 Å². The van der Waals surface area contributed by atoms with Gasteiger partial charge in [-0.1, -0.05) is 6.07 Å². The Morgan fingerprint density at radius 3 is 2.75 bits per heavy atom. The van der Waals surface area contributed by atoms with E-state index in [1.165, 1.54) is 30.7 Å². The van der Waals surface area contributed by atoms with Gasteiger partial charge in [0.15, 0.2) is 5.76 Å². The van der Waals surface area contributed by atoms with Crippen LogP contribution in [-0.2, 0) is 6.61 Å². The Labute approximate surface area is 158 Å². The van der Waals surface area contributed by atoms with Gasteiger partial charge in [-0.05, 0) is 54.6 Å². The summed E-state index contributed by atoms with van der Waals surface area (Å²) in [6.07, 6.45) is 1.24. The second-order valence-electron chi connectivity index (χ2n) is 5.79. The Balaban J connectivity index is 1.39. The average molecular weight is 379 g/mol. The smallest absolute Gasteiger partial charge is 0.291 e. The number of hydrogen-bond donors (Lipinski definition) is 1. The lowest BCUT2D eigenvalue weighted by Crippen LogP contribution is -2.10. The van der Waals surface area contributed by atoms with Gasteiger partial charge in [0.1, 0.15) is 23.9 Å². The first kappa shape index (κ1) is 17.5. The van der Waals surface area contributed by atoms with Crippen LogP contribution in [0.25, 0.3) is 11.5 Å². The van der Waals surface area contributed by atoms with E-state index in [0.29, 0.717) is 28.7 Å². The van der Waals surface area contributed by atoms with Crippen LogP contribution < -0.4 is 10.1 Å². The third kappa shape index (κ3) is 4.07. The summed E-state index contributed by atoms with van der Waals surface area (Å²) in [5.74, 6) is 0.717. The second kappa shape index (κ2) is 7.75. The van der Waals surface area contributed by atoms with Crippen LogP contribution in [-0.4, -0.2) is 16.1 Å². The highest BCUT2D eigenvalue weighted by Gasteiger charge is 2.13. The fraction of sp³-hybridized carbons (Fsp3) is 0.0500. The second-order valence-corrected chi connectivity index (χ2v) is 5.79. The van der Waals surface area contributed by atoms with Gasteiger partial charge in [-0.15, -0.1) is 10.2 Å². The molecule has 2 aromatic heterocycles. The summed E-state index contributed by atoms with van der Waals surface area (Å²) in [7, 11) is 0. The van der Waals surface area contributed by atoms with E-state index < -0.39 is 5.91 Å². The molecule has 0 aliphatic rings. The topological polar surface area (TPSA) is 90.4 Å². The summed E-state index contributed by atoms with van der Waals surface area (Å²) in [6, 6.07) is 15.8. The molecule has 2 aromatic carbocycles. The van der Waals surface area contributed by atoms with Crippen LogP contribution in [0.4, 0.5) is 10.1 Å². The van der Waals surface area contributed by atoms with E-state index in [4.69, 9.17) is 13.6 Å². The number of ether oxygens (including phenoxy) is 1. The van der Waals surface area contributed by atoms with Crippen molar-refractivity contribution in [3.8, 4) is 17.2 Å². The number of nitrogens with zero attached hydrogens (tertiary/aromatic N) is 2. The predicted octanol–water partition coefficient (Wildman–Crippen LogP) is 4.30. The third-order valence-corrected chi connectivity index (χ3v) is 3.81. The maximum Gasteiger partial charge on any atom is 0.291 e. The summed E-state index contributed by atoms with van der Waals surface area (Å²) < 4.78 is 29.1. The molecule has 2 heterocycles. The minimum atomic E-state index is -0.407. The van der Waals surface area contributed by atoms with Crippen LogP contribution in [0, 0.1) is 5.82 Å². The lowest BCUT2D eigenvalue weighted by Gasteiger charge is -2.05. The lowest BCUT2D eigenvalue weighted by atomic mass is 10.2. The van der Waals surface area contributed by atoms with E-state index in [2.05, 4.69) is 15.5 Å². The SMILES string of the molecule is O=C(Nc1cccc(-c2nnco2)c1)c1ccc(COc2ccc(F)cc2)o1. The molecule has 0 aliphatic carbocycles. The fourth-order valence-corrected chi connectivity index (χ4v) is 2.48. The number of amides is 1. The molecule has 8 heteroatoms. The molecule has 4 rings (SSSR count). The van der Waals surface area contributed by atoms with E-state index in [-0.39, 0.29) is 18.2 Å². The Hall–Kier alpha value is -3.94. The van der Waals surface area contributed by atoms with Crippen molar-refractivity contribution in [1.82, 2.24) is 10.2 Å². The van der Waals surface area contributed by atoms with E-state index >= 15 is 0 Å². The molecule has 4 aromatic rings.